The van der Waals surface area contributed by atoms with Gasteiger partial charge in [-0.05, 0) is 32.6 Å². The zero-order chi connectivity index (χ0) is 14.5. The summed E-state index contributed by atoms with van der Waals surface area (Å²) >= 11 is 3.40. The lowest BCUT2D eigenvalue weighted by atomic mass is 10.3. The van der Waals surface area contributed by atoms with Crippen LogP contribution in [0.25, 0.3) is 9.88 Å². The van der Waals surface area contributed by atoms with Crippen molar-refractivity contribution in [1.82, 2.24) is 15.2 Å². The van der Waals surface area contributed by atoms with E-state index in [1.165, 1.54) is 9.88 Å². The highest BCUT2D eigenvalue weighted by molar-refractivity contribution is 7.23. The van der Waals surface area contributed by atoms with Crippen molar-refractivity contribution in [2.45, 2.75) is 59.4 Å². The lowest BCUT2D eigenvalue weighted by Gasteiger charge is -2.07. The van der Waals surface area contributed by atoms with Crippen molar-refractivity contribution in [3.05, 3.63) is 10.7 Å². The molecule has 1 unspecified atom stereocenters. The van der Waals surface area contributed by atoms with Crippen molar-refractivity contribution < 1.29 is 0 Å². The monoisotopic (exact) mass is 310 g/mol. The van der Waals surface area contributed by atoms with Gasteiger partial charge < -0.3 is 5.32 Å². The van der Waals surface area contributed by atoms with E-state index < -0.39 is 0 Å². The number of aromatic nitrogens is 3. The minimum Gasteiger partial charge on any atom is -0.358 e. The fourth-order valence-corrected chi connectivity index (χ4v) is 4.02. The largest absolute Gasteiger partial charge is 0.358 e. The third kappa shape index (κ3) is 3.55. The molecule has 0 radical (unpaired) electrons. The van der Waals surface area contributed by atoms with Crippen LogP contribution in [0.4, 0.5) is 5.13 Å². The minimum atomic E-state index is 0.429. The molecule has 0 fully saturated rings. The van der Waals surface area contributed by atoms with Gasteiger partial charge in [0, 0.05) is 6.04 Å². The van der Waals surface area contributed by atoms with E-state index in [9.17, 15) is 0 Å². The summed E-state index contributed by atoms with van der Waals surface area (Å²) in [6, 6.07) is 0.429. The summed E-state index contributed by atoms with van der Waals surface area (Å²) in [5.74, 6) is 0. The summed E-state index contributed by atoms with van der Waals surface area (Å²) in [6.07, 6.45) is 4.21. The molecule has 4 nitrogen and oxygen atoms in total. The van der Waals surface area contributed by atoms with Gasteiger partial charge in [0.15, 0.2) is 5.01 Å². The van der Waals surface area contributed by atoms with Crippen molar-refractivity contribution in [3.63, 3.8) is 0 Å². The Kier molecular flexibility index (Phi) is 5.48. The first-order valence-electron chi connectivity index (χ1n) is 7.26. The van der Waals surface area contributed by atoms with E-state index in [2.05, 4.69) is 43.2 Å². The minimum absolute atomic E-state index is 0.429. The fraction of sp³-hybridized carbons (Fsp3) is 0.643. The quantitative estimate of drug-likeness (QED) is 0.824. The summed E-state index contributed by atoms with van der Waals surface area (Å²) in [5.41, 5.74) is 1.16. The summed E-state index contributed by atoms with van der Waals surface area (Å²) in [5, 5.41) is 15.1. The van der Waals surface area contributed by atoms with Gasteiger partial charge in [0.1, 0.15) is 0 Å². The van der Waals surface area contributed by atoms with Crippen LogP contribution in [0, 0.1) is 0 Å². The van der Waals surface area contributed by atoms with Gasteiger partial charge in [-0.25, -0.2) is 4.98 Å². The first-order chi connectivity index (χ1) is 9.67. The van der Waals surface area contributed by atoms with Crippen LogP contribution in [0.2, 0.25) is 0 Å². The summed E-state index contributed by atoms with van der Waals surface area (Å²) in [6.45, 7) is 8.65. The lowest BCUT2D eigenvalue weighted by Crippen LogP contribution is -2.12. The summed E-state index contributed by atoms with van der Waals surface area (Å²) < 4.78 is 0. The van der Waals surface area contributed by atoms with E-state index in [4.69, 9.17) is 4.98 Å². The van der Waals surface area contributed by atoms with Crippen molar-refractivity contribution >= 4 is 27.8 Å². The molecule has 0 aliphatic heterocycles. The average molecular weight is 310 g/mol. The highest BCUT2D eigenvalue weighted by atomic mass is 32.1. The second-order valence-corrected chi connectivity index (χ2v) is 6.91. The Hall–Kier alpha value is -1.01. The van der Waals surface area contributed by atoms with E-state index in [-0.39, 0.29) is 0 Å². The average Bonchev–Trinajstić information content (AvgIpc) is 3.05. The molecule has 6 heteroatoms. The number of thiazole rings is 1. The molecule has 110 valence electrons. The van der Waals surface area contributed by atoms with E-state index in [1.54, 1.807) is 22.7 Å². The van der Waals surface area contributed by atoms with Crippen LogP contribution in [0.5, 0.6) is 0 Å². The predicted octanol–water partition coefficient (Wildman–Crippen LogP) is 4.39. The maximum absolute atomic E-state index is 4.72. The first kappa shape index (κ1) is 15.4. The Balaban J connectivity index is 2.22. The Bertz CT molecular complexity index is 547. The molecule has 2 aromatic heterocycles. The fourth-order valence-electron chi connectivity index (χ4n) is 1.81. The number of anilines is 1. The van der Waals surface area contributed by atoms with Crippen LogP contribution in [0.15, 0.2) is 0 Å². The van der Waals surface area contributed by atoms with Gasteiger partial charge in [-0.2, -0.15) is 0 Å². The molecule has 0 aliphatic carbocycles. The van der Waals surface area contributed by atoms with E-state index in [1.807, 2.05) is 0 Å². The first-order valence-corrected chi connectivity index (χ1v) is 8.90. The van der Waals surface area contributed by atoms with Gasteiger partial charge in [0.2, 0.25) is 5.13 Å². The van der Waals surface area contributed by atoms with Gasteiger partial charge in [-0.1, -0.05) is 32.1 Å². The van der Waals surface area contributed by atoms with Gasteiger partial charge in [-0.3, -0.25) is 0 Å². The van der Waals surface area contributed by atoms with Gasteiger partial charge in [-0.15, -0.1) is 21.5 Å². The lowest BCUT2D eigenvalue weighted by molar-refractivity contribution is 0.760. The molecule has 0 spiro atoms. The second-order valence-electron chi connectivity index (χ2n) is 4.85. The Morgan fingerprint density at radius 1 is 1.15 bits per heavy atom. The van der Waals surface area contributed by atoms with Crippen molar-refractivity contribution in [2.75, 3.05) is 5.32 Å². The Morgan fingerprint density at radius 3 is 2.60 bits per heavy atom. The van der Waals surface area contributed by atoms with Crippen LogP contribution >= 0.6 is 22.7 Å². The van der Waals surface area contributed by atoms with E-state index in [0.29, 0.717) is 6.04 Å². The Labute approximate surface area is 128 Å². The molecule has 0 aliphatic rings. The third-order valence-electron chi connectivity index (χ3n) is 3.14. The molecule has 0 saturated carbocycles. The molecule has 2 rings (SSSR count). The second kappa shape index (κ2) is 7.13. The predicted molar refractivity (Wildman–Crippen MR) is 87.8 cm³/mol. The number of nitrogens with one attached hydrogen (secondary N) is 1. The maximum Gasteiger partial charge on any atom is 0.206 e. The molecule has 0 aromatic carbocycles. The smallest absolute Gasteiger partial charge is 0.206 e. The maximum atomic E-state index is 4.72. The zero-order valence-corrected chi connectivity index (χ0v) is 14.2. The topological polar surface area (TPSA) is 50.7 Å². The van der Waals surface area contributed by atoms with E-state index in [0.717, 1.165) is 41.5 Å². The standard InChI is InChI=1S/C14H22N4S2/c1-5-8-11-16-10(7-3)12(19-11)13-17-18-14(20-13)15-9(4)6-2/h9H,5-8H2,1-4H3,(H,15,18). The van der Waals surface area contributed by atoms with Crippen molar-refractivity contribution in [3.8, 4) is 9.88 Å². The highest BCUT2D eigenvalue weighted by Crippen LogP contribution is 2.34. The summed E-state index contributed by atoms with van der Waals surface area (Å²) in [7, 11) is 0. The number of hydrogen-bond acceptors (Lipinski definition) is 6. The normalized spacial score (nSPS) is 12.6. The van der Waals surface area contributed by atoms with Crippen LogP contribution < -0.4 is 5.32 Å². The molecule has 1 atom stereocenters. The van der Waals surface area contributed by atoms with Crippen molar-refractivity contribution in [1.29, 1.82) is 0 Å². The van der Waals surface area contributed by atoms with E-state index >= 15 is 0 Å². The van der Waals surface area contributed by atoms with Crippen LogP contribution in [0.3, 0.4) is 0 Å². The molecule has 20 heavy (non-hydrogen) atoms. The van der Waals surface area contributed by atoms with Gasteiger partial charge >= 0.3 is 0 Å². The SMILES string of the molecule is CCCc1nc(CC)c(-c2nnc(NC(C)CC)s2)s1. The molecule has 0 saturated heterocycles. The molecule has 2 aromatic rings. The third-order valence-corrected chi connectivity index (χ3v) is 5.31. The number of rotatable bonds is 7. The number of hydrogen-bond donors (Lipinski definition) is 1. The summed E-state index contributed by atoms with van der Waals surface area (Å²) in [4.78, 5) is 5.92. The molecule has 0 bridgehead atoms. The molecule has 0 amide bonds. The molecular formula is C14H22N4S2. The van der Waals surface area contributed by atoms with Gasteiger partial charge in [0.25, 0.3) is 0 Å². The van der Waals surface area contributed by atoms with Crippen LogP contribution in [-0.2, 0) is 12.8 Å². The number of aryl methyl sites for hydroxylation is 2. The molecular weight excluding hydrogens is 288 g/mol. The zero-order valence-electron chi connectivity index (χ0n) is 12.6. The molecule has 2 heterocycles. The van der Waals surface area contributed by atoms with Gasteiger partial charge in [0.05, 0.1) is 15.6 Å². The molecule has 1 N–H and O–H groups in total. The van der Waals surface area contributed by atoms with Crippen LogP contribution in [0.1, 0.15) is 51.2 Å². The highest BCUT2D eigenvalue weighted by Gasteiger charge is 2.16. The van der Waals surface area contributed by atoms with Crippen molar-refractivity contribution in [2.24, 2.45) is 0 Å². The van der Waals surface area contributed by atoms with Crippen LogP contribution in [-0.4, -0.2) is 21.2 Å². The number of nitrogens with zero attached hydrogens (tertiary/aromatic N) is 3. The Morgan fingerprint density at radius 2 is 1.95 bits per heavy atom.